The van der Waals surface area contributed by atoms with Crippen LogP contribution < -0.4 is 0 Å². The number of hydrogen-bond acceptors (Lipinski definition) is 1. The van der Waals surface area contributed by atoms with E-state index in [0.29, 0.717) is 5.92 Å². The predicted octanol–water partition coefficient (Wildman–Crippen LogP) is 4.28. The van der Waals surface area contributed by atoms with E-state index < -0.39 is 5.60 Å². The quantitative estimate of drug-likeness (QED) is 0.844. The van der Waals surface area contributed by atoms with Crippen molar-refractivity contribution < 1.29 is 5.11 Å². The average molecular weight is 246 g/mol. The summed E-state index contributed by atoms with van der Waals surface area (Å²) in [4.78, 5) is 0. The molecule has 1 atom stereocenters. The molecule has 1 aromatic carbocycles. The van der Waals surface area contributed by atoms with E-state index in [1.165, 1.54) is 18.4 Å². The zero-order valence-electron chi connectivity index (χ0n) is 11.9. The van der Waals surface area contributed by atoms with Gasteiger partial charge in [-0.2, -0.15) is 0 Å². The molecule has 18 heavy (non-hydrogen) atoms. The molecule has 1 fully saturated rings. The number of aliphatic hydroxyl groups is 1. The van der Waals surface area contributed by atoms with Gasteiger partial charge in [0.25, 0.3) is 0 Å². The Morgan fingerprint density at radius 3 is 2.17 bits per heavy atom. The highest BCUT2D eigenvalue weighted by molar-refractivity contribution is 5.27. The normalized spacial score (nSPS) is 27.8. The minimum absolute atomic E-state index is 0.418. The Kier molecular flexibility index (Phi) is 4.11. The van der Waals surface area contributed by atoms with Gasteiger partial charge in [0.1, 0.15) is 0 Å². The molecule has 1 aliphatic carbocycles. The van der Waals surface area contributed by atoms with Crippen molar-refractivity contribution >= 4 is 0 Å². The zero-order chi connectivity index (χ0) is 13.2. The second-order valence-corrected chi connectivity index (χ2v) is 6.15. The molecular weight excluding hydrogens is 220 g/mol. The van der Waals surface area contributed by atoms with Gasteiger partial charge < -0.3 is 5.11 Å². The minimum Gasteiger partial charge on any atom is -0.385 e. The third kappa shape index (κ3) is 2.77. The summed E-state index contributed by atoms with van der Waals surface area (Å²) in [6.45, 7) is 6.48. The molecule has 2 rings (SSSR count). The Balaban J connectivity index is 2.13. The predicted molar refractivity (Wildman–Crippen MR) is 76.5 cm³/mol. The summed E-state index contributed by atoms with van der Waals surface area (Å²) >= 11 is 0. The first-order chi connectivity index (χ1) is 8.54. The lowest BCUT2D eigenvalue weighted by atomic mass is 9.72. The van der Waals surface area contributed by atoms with Gasteiger partial charge in [0.15, 0.2) is 0 Å². The number of benzene rings is 1. The van der Waals surface area contributed by atoms with Crippen LogP contribution in [0.2, 0.25) is 0 Å². The molecule has 1 saturated carbocycles. The zero-order valence-corrected chi connectivity index (χ0v) is 11.9. The smallest absolute Gasteiger partial charge is 0.0896 e. The molecule has 0 aromatic heterocycles. The fourth-order valence-corrected chi connectivity index (χ4v) is 3.14. The highest BCUT2D eigenvalue weighted by atomic mass is 16.3. The van der Waals surface area contributed by atoms with Gasteiger partial charge in [0.05, 0.1) is 5.60 Å². The fraction of sp³-hybridized carbons (Fsp3) is 0.647. The maximum atomic E-state index is 10.9. The number of rotatable bonds is 3. The molecule has 1 N–H and O–H groups in total. The van der Waals surface area contributed by atoms with Gasteiger partial charge in [-0.3, -0.25) is 0 Å². The maximum Gasteiger partial charge on any atom is 0.0896 e. The van der Waals surface area contributed by atoms with Gasteiger partial charge in [0, 0.05) is 0 Å². The van der Waals surface area contributed by atoms with Crippen molar-refractivity contribution in [3.63, 3.8) is 0 Å². The van der Waals surface area contributed by atoms with Gasteiger partial charge >= 0.3 is 0 Å². The second kappa shape index (κ2) is 5.44. The summed E-state index contributed by atoms with van der Waals surface area (Å²) in [7, 11) is 0. The molecule has 0 radical (unpaired) electrons. The molecule has 0 saturated heterocycles. The van der Waals surface area contributed by atoms with Crippen LogP contribution in [0, 0.1) is 11.8 Å². The summed E-state index contributed by atoms with van der Waals surface area (Å²) in [5, 5.41) is 10.9. The molecule has 1 heteroatoms. The Hall–Kier alpha value is -0.820. The maximum absolute atomic E-state index is 10.9. The van der Waals surface area contributed by atoms with E-state index in [0.717, 1.165) is 30.7 Å². The van der Waals surface area contributed by atoms with Crippen molar-refractivity contribution in [2.75, 3.05) is 0 Å². The highest BCUT2D eigenvalue weighted by Gasteiger charge is 2.35. The average Bonchev–Trinajstić information content (AvgIpc) is 2.39. The van der Waals surface area contributed by atoms with Crippen LogP contribution >= 0.6 is 0 Å². The summed E-state index contributed by atoms with van der Waals surface area (Å²) in [5.41, 5.74) is 1.76. The van der Waals surface area contributed by atoms with E-state index in [1.807, 2.05) is 6.92 Å². The third-order valence-corrected chi connectivity index (χ3v) is 4.76. The van der Waals surface area contributed by atoms with Gasteiger partial charge in [-0.15, -0.1) is 0 Å². The molecule has 1 nitrogen and oxygen atoms in total. The van der Waals surface area contributed by atoms with Gasteiger partial charge in [-0.25, -0.2) is 0 Å². The lowest BCUT2D eigenvalue weighted by Gasteiger charge is -2.37. The third-order valence-electron chi connectivity index (χ3n) is 4.76. The van der Waals surface area contributed by atoms with Crippen LogP contribution in [-0.2, 0) is 12.0 Å². The summed E-state index contributed by atoms with van der Waals surface area (Å²) in [6, 6.07) is 8.51. The molecule has 0 bridgehead atoms. The van der Waals surface area contributed by atoms with E-state index in [-0.39, 0.29) is 0 Å². The van der Waals surface area contributed by atoms with Gasteiger partial charge in [-0.1, -0.05) is 51.0 Å². The van der Waals surface area contributed by atoms with Crippen molar-refractivity contribution in [2.45, 2.75) is 58.5 Å². The van der Waals surface area contributed by atoms with Gasteiger partial charge in [-0.05, 0) is 49.1 Å². The van der Waals surface area contributed by atoms with E-state index in [4.69, 9.17) is 0 Å². The topological polar surface area (TPSA) is 20.2 Å². The molecule has 1 aliphatic rings. The Morgan fingerprint density at radius 2 is 1.67 bits per heavy atom. The molecular formula is C17H26O. The number of aryl methyl sites for hydroxylation is 1. The monoisotopic (exact) mass is 246 g/mol. The lowest BCUT2D eigenvalue weighted by Crippen LogP contribution is -2.34. The van der Waals surface area contributed by atoms with E-state index in [2.05, 4.69) is 38.1 Å². The van der Waals surface area contributed by atoms with Crippen molar-refractivity contribution in [1.29, 1.82) is 0 Å². The Morgan fingerprint density at radius 1 is 1.11 bits per heavy atom. The van der Waals surface area contributed by atoms with Crippen molar-refractivity contribution in [3.05, 3.63) is 35.4 Å². The largest absolute Gasteiger partial charge is 0.385 e. The van der Waals surface area contributed by atoms with Crippen molar-refractivity contribution in [3.8, 4) is 0 Å². The molecule has 0 amide bonds. The Labute approximate surface area is 111 Å². The Bertz CT molecular complexity index is 369. The summed E-state index contributed by atoms with van der Waals surface area (Å²) < 4.78 is 0. The van der Waals surface area contributed by atoms with E-state index in [9.17, 15) is 5.11 Å². The highest BCUT2D eigenvalue weighted by Crippen LogP contribution is 2.40. The first-order valence-electron chi connectivity index (χ1n) is 7.35. The van der Waals surface area contributed by atoms with Crippen LogP contribution in [0.5, 0.6) is 0 Å². The first kappa shape index (κ1) is 13.6. The molecule has 1 aromatic rings. The summed E-state index contributed by atoms with van der Waals surface area (Å²) in [6.07, 6.45) is 5.89. The standard InChI is InChI=1S/C17H26O/c1-4-14-7-11-16(12-8-14)17(3,18)15-9-5-13(2)6-10-15/h7-8,11-13,15,18H,4-6,9-10H2,1-3H3. The minimum atomic E-state index is -0.660. The molecule has 100 valence electrons. The molecule has 0 aliphatic heterocycles. The van der Waals surface area contributed by atoms with E-state index in [1.54, 1.807) is 0 Å². The van der Waals surface area contributed by atoms with Crippen molar-refractivity contribution in [2.24, 2.45) is 11.8 Å². The van der Waals surface area contributed by atoms with Crippen LogP contribution in [-0.4, -0.2) is 5.11 Å². The van der Waals surface area contributed by atoms with E-state index >= 15 is 0 Å². The SMILES string of the molecule is CCc1ccc(C(C)(O)C2CCC(C)CC2)cc1. The van der Waals surface area contributed by atoms with Crippen LogP contribution in [0.25, 0.3) is 0 Å². The van der Waals surface area contributed by atoms with Crippen LogP contribution in [0.1, 0.15) is 57.6 Å². The number of hydrogen-bond donors (Lipinski definition) is 1. The van der Waals surface area contributed by atoms with Crippen LogP contribution in [0.15, 0.2) is 24.3 Å². The van der Waals surface area contributed by atoms with Crippen LogP contribution in [0.4, 0.5) is 0 Å². The van der Waals surface area contributed by atoms with Crippen molar-refractivity contribution in [1.82, 2.24) is 0 Å². The molecule has 1 unspecified atom stereocenters. The van der Waals surface area contributed by atoms with Crippen LogP contribution in [0.3, 0.4) is 0 Å². The lowest BCUT2D eigenvalue weighted by molar-refractivity contribution is -0.0264. The fourth-order valence-electron chi connectivity index (χ4n) is 3.14. The first-order valence-corrected chi connectivity index (χ1v) is 7.35. The second-order valence-electron chi connectivity index (χ2n) is 6.15. The van der Waals surface area contributed by atoms with Gasteiger partial charge in [0.2, 0.25) is 0 Å². The molecule has 0 spiro atoms. The summed E-state index contributed by atoms with van der Waals surface area (Å²) in [5.74, 6) is 1.25. The molecule has 0 heterocycles.